The minimum absolute atomic E-state index is 0.254. The molecule has 0 bridgehead atoms. The van der Waals surface area contributed by atoms with Gasteiger partial charge in [0.1, 0.15) is 16.9 Å². The van der Waals surface area contributed by atoms with Gasteiger partial charge >= 0.3 is 5.97 Å². The second-order valence-corrected chi connectivity index (χ2v) is 6.22. The lowest BCUT2D eigenvalue weighted by Crippen LogP contribution is -2.09. The van der Waals surface area contributed by atoms with E-state index in [1.807, 2.05) is 48.5 Å². The molecule has 0 aliphatic carbocycles. The molecule has 0 aliphatic heterocycles. The first-order valence-electron chi connectivity index (χ1n) is 8.97. The number of carbonyl (C=O) groups excluding carboxylic acids is 1. The van der Waals surface area contributed by atoms with Crippen molar-refractivity contribution < 1.29 is 9.53 Å². The number of anilines is 1. The Morgan fingerprint density at radius 1 is 1.04 bits per heavy atom. The molecule has 4 aromatic rings. The molecular formula is C21H20N4O2. The number of nitrogens with two attached hydrogens (primary N) is 1. The van der Waals surface area contributed by atoms with Crippen molar-refractivity contribution in [2.45, 2.75) is 20.3 Å². The van der Waals surface area contributed by atoms with Crippen molar-refractivity contribution in [2.75, 3.05) is 12.3 Å². The van der Waals surface area contributed by atoms with E-state index in [4.69, 9.17) is 15.5 Å². The SMILES string of the molecule is CCOC(=O)c1c(N)n(-c2ccc(CC)cc2)c2nc3ccccc3nc12. The second-order valence-electron chi connectivity index (χ2n) is 6.22. The van der Waals surface area contributed by atoms with Gasteiger partial charge in [-0.05, 0) is 43.2 Å². The lowest BCUT2D eigenvalue weighted by molar-refractivity contribution is 0.0529. The maximum atomic E-state index is 12.6. The summed E-state index contributed by atoms with van der Waals surface area (Å²) >= 11 is 0. The van der Waals surface area contributed by atoms with Gasteiger partial charge in [0.2, 0.25) is 0 Å². The third-order valence-corrected chi connectivity index (χ3v) is 4.58. The number of ether oxygens (including phenoxy) is 1. The van der Waals surface area contributed by atoms with Crippen molar-refractivity contribution in [1.82, 2.24) is 14.5 Å². The molecule has 0 fully saturated rings. The number of nitrogens with zero attached hydrogens (tertiary/aromatic N) is 3. The smallest absolute Gasteiger partial charge is 0.344 e. The predicted octanol–water partition coefficient (Wildman–Crippen LogP) is 3.90. The molecule has 0 amide bonds. The monoisotopic (exact) mass is 360 g/mol. The lowest BCUT2D eigenvalue weighted by Gasteiger charge is -2.08. The summed E-state index contributed by atoms with van der Waals surface area (Å²) in [5.74, 6) is -0.212. The Balaban J connectivity index is 2.05. The first-order chi connectivity index (χ1) is 13.1. The maximum Gasteiger partial charge on any atom is 0.344 e. The molecule has 0 radical (unpaired) electrons. The third kappa shape index (κ3) is 2.79. The standard InChI is InChI=1S/C21H20N4O2/c1-3-13-9-11-14(12-10-13)25-19(22)17(21(26)27-4-2)18-20(25)24-16-8-6-5-7-15(16)23-18/h5-12H,3-4,22H2,1-2H3. The summed E-state index contributed by atoms with van der Waals surface area (Å²) in [6.45, 7) is 4.12. The van der Waals surface area contributed by atoms with E-state index in [1.165, 1.54) is 5.56 Å². The first-order valence-corrected chi connectivity index (χ1v) is 8.97. The molecular weight excluding hydrogens is 340 g/mol. The number of nitrogen functional groups attached to an aromatic ring is 1. The van der Waals surface area contributed by atoms with Gasteiger partial charge in [0.15, 0.2) is 5.65 Å². The minimum atomic E-state index is -0.492. The Morgan fingerprint density at radius 3 is 2.33 bits per heavy atom. The molecule has 0 atom stereocenters. The zero-order valence-corrected chi connectivity index (χ0v) is 15.3. The molecule has 4 rings (SSSR count). The van der Waals surface area contributed by atoms with Crippen LogP contribution in [0.2, 0.25) is 0 Å². The van der Waals surface area contributed by atoms with Gasteiger partial charge in [0, 0.05) is 5.69 Å². The summed E-state index contributed by atoms with van der Waals surface area (Å²) in [6.07, 6.45) is 0.945. The Morgan fingerprint density at radius 2 is 1.70 bits per heavy atom. The third-order valence-electron chi connectivity index (χ3n) is 4.58. The van der Waals surface area contributed by atoms with Crippen LogP contribution in [0.3, 0.4) is 0 Å². The lowest BCUT2D eigenvalue weighted by atomic mass is 10.1. The topological polar surface area (TPSA) is 83.0 Å². The highest BCUT2D eigenvalue weighted by Crippen LogP contribution is 2.31. The van der Waals surface area contributed by atoms with Crippen LogP contribution in [0.4, 0.5) is 5.82 Å². The average Bonchev–Trinajstić information content (AvgIpc) is 2.97. The van der Waals surface area contributed by atoms with Crippen LogP contribution in [0.5, 0.6) is 0 Å². The number of esters is 1. The van der Waals surface area contributed by atoms with Gasteiger partial charge in [-0.3, -0.25) is 4.57 Å². The van der Waals surface area contributed by atoms with Crippen molar-refractivity contribution in [3.05, 3.63) is 59.7 Å². The zero-order valence-electron chi connectivity index (χ0n) is 15.3. The highest BCUT2D eigenvalue weighted by atomic mass is 16.5. The number of carbonyl (C=O) groups is 1. The Labute approximate surface area is 156 Å². The quantitative estimate of drug-likeness (QED) is 0.558. The maximum absolute atomic E-state index is 12.6. The Hall–Kier alpha value is -3.41. The minimum Gasteiger partial charge on any atom is -0.462 e. The second kappa shape index (κ2) is 6.72. The highest BCUT2D eigenvalue weighted by Gasteiger charge is 2.25. The Bertz CT molecular complexity index is 1150. The van der Waals surface area contributed by atoms with Crippen LogP contribution >= 0.6 is 0 Å². The van der Waals surface area contributed by atoms with E-state index in [-0.39, 0.29) is 18.0 Å². The molecule has 2 N–H and O–H groups in total. The molecule has 2 aromatic carbocycles. The number of hydrogen-bond donors (Lipinski definition) is 1. The molecule has 136 valence electrons. The highest BCUT2D eigenvalue weighted by molar-refractivity contribution is 6.09. The first kappa shape index (κ1) is 17.0. The summed E-state index contributed by atoms with van der Waals surface area (Å²) in [7, 11) is 0. The average molecular weight is 360 g/mol. The number of benzene rings is 2. The van der Waals surface area contributed by atoms with Gasteiger partial charge in [-0.25, -0.2) is 14.8 Å². The van der Waals surface area contributed by atoms with Crippen molar-refractivity contribution >= 4 is 34.0 Å². The molecule has 0 spiro atoms. The number of aryl methyl sites for hydroxylation is 1. The van der Waals surface area contributed by atoms with Gasteiger partial charge < -0.3 is 10.5 Å². The van der Waals surface area contributed by atoms with Gasteiger partial charge in [-0.15, -0.1) is 0 Å². The molecule has 2 heterocycles. The number of rotatable bonds is 4. The van der Waals surface area contributed by atoms with E-state index in [1.54, 1.807) is 11.5 Å². The molecule has 27 heavy (non-hydrogen) atoms. The summed E-state index contributed by atoms with van der Waals surface area (Å²) in [5, 5.41) is 0. The zero-order chi connectivity index (χ0) is 19.0. The summed E-state index contributed by atoms with van der Waals surface area (Å²) in [6, 6.07) is 15.6. The fourth-order valence-electron chi connectivity index (χ4n) is 3.21. The van der Waals surface area contributed by atoms with E-state index < -0.39 is 5.97 Å². The van der Waals surface area contributed by atoms with E-state index >= 15 is 0 Å². The van der Waals surface area contributed by atoms with E-state index in [0.29, 0.717) is 16.7 Å². The normalized spacial score (nSPS) is 11.2. The van der Waals surface area contributed by atoms with Gasteiger partial charge in [-0.1, -0.05) is 31.2 Å². The van der Waals surface area contributed by atoms with Crippen LogP contribution in [0.15, 0.2) is 48.5 Å². The van der Waals surface area contributed by atoms with Crippen molar-refractivity contribution in [1.29, 1.82) is 0 Å². The van der Waals surface area contributed by atoms with Crippen LogP contribution in [0.1, 0.15) is 29.8 Å². The summed E-state index contributed by atoms with van der Waals surface area (Å²) in [4.78, 5) is 22.0. The molecule has 0 saturated carbocycles. The fraction of sp³-hybridized carbons (Fsp3) is 0.190. The summed E-state index contributed by atoms with van der Waals surface area (Å²) < 4.78 is 6.98. The van der Waals surface area contributed by atoms with Crippen LogP contribution in [-0.2, 0) is 11.2 Å². The molecule has 6 heteroatoms. The molecule has 0 saturated heterocycles. The largest absolute Gasteiger partial charge is 0.462 e. The number of aromatic nitrogens is 3. The van der Waals surface area contributed by atoms with Crippen LogP contribution in [0.25, 0.3) is 27.9 Å². The van der Waals surface area contributed by atoms with Gasteiger partial charge in [-0.2, -0.15) is 0 Å². The van der Waals surface area contributed by atoms with Crippen LogP contribution in [-0.4, -0.2) is 27.1 Å². The molecule has 0 aliphatic rings. The van der Waals surface area contributed by atoms with Gasteiger partial charge in [0.25, 0.3) is 0 Å². The van der Waals surface area contributed by atoms with E-state index in [9.17, 15) is 4.79 Å². The van der Waals surface area contributed by atoms with Crippen LogP contribution < -0.4 is 5.73 Å². The number of hydrogen-bond acceptors (Lipinski definition) is 5. The molecule has 0 unspecified atom stereocenters. The Kier molecular flexibility index (Phi) is 4.24. The van der Waals surface area contributed by atoms with Gasteiger partial charge in [0.05, 0.1) is 17.6 Å². The predicted molar refractivity (Wildman–Crippen MR) is 106 cm³/mol. The molecule has 2 aromatic heterocycles. The van der Waals surface area contributed by atoms with Crippen molar-refractivity contribution in [3.63, 3.8) is 0 Å². The van der Waals surface area contributed by atoms with Crippen molar-refractivity contribution in [2.24, 2.45) is 0 Å². The van der Waals surface area contributed by atoms with Crippen LogP contribution in [0, 0.1) is 0 Å². The molecule has 6 nitrogen and oxygen atoms in total. The number of para-hydroxylation sites is 2. The fourth-order valence-corrected chi connectivity index (χ4v) is 3.21. The van der Waals surface area contributed by atoms with Crippen molar-refractivity contribution in [3.8, 4) is 5.69 Å². The number of fused-ring (bicyclic) bond motifs is 2. The van der Waals surface area contributed by atoms with E-state index in [2.05, 4.69) is 11.9 Å². The van der Waals surface area contributed by atoms with E-state index in [0.717, 1.165) is 17.6 Å². The summed E-state index contributed by atoms with van der Waals surface area (Å²) in [5.41, 5.74) is 11.1.